The highest BCUT2D eigenvalue weighted by Crippen LogP contribution is 2.16. The largest absolute Gasteiger partial charge is 0.497 e. The van der Waals surface area contributed by atoms with Gasteiger partial charge in [0.2, 0.25) is 0 Å². The number of rotatable bonds is 5. The van der Waals surface area contributed by atoms with Crippen molar-refractivity contribution in [1.82, 2.24) is 4.90 Å². The SMILES string of the molecule is COc1ccc(OCC(=O)N2CC[NH+](C(C)C)CC2)cc1. The Morgan fingerprint density at radius 2 is 1.76 bits per heavy atom. The summed E-state index contributed by atoms with van der Waals surface area (Å²) in [6.07, 6.45) is 0. The van der Waals surface area contributed by atoms with Crippen molar-refractivity contribution in [3.63, 3.8) is 0 Å². The van der Waals surface area contributed by atoms with E-state index in [9.17, 15) is 4.79 Å². The first-order valence-electron chi connectivity index (χ1n) is 7.49. The summed E-state index contributed by atoms with van der Waals surface area (Å²) in [6.45, 7) is 8.22. The number of nitrogens with one attached hydrogen (secondary N) is 1. The summed E-state index contributed by atoms with van der Waals surface area (Å²) in [6, 6.07) is 7.90. The van der Waals surface area contributed by atoms with Crippen LogP contribution in [-0.2, 0) is 4.79 Å². The van der Waals surface area contributed by atoms with Gasteiger partial charge in [0.1, 0.15) is 11.5 Å². The molecule has 0 aliphatic carbocycles. The molecule has 2 rings (SSSR count). The molecular weight excluding hydrogens is 268 g/mol. The number of carbonyl (C=O) groups is 1. The van der Waals surface area contributed by atoms with E-state index in [-0.39, 0.29) is 12.5 Å². The monoisotopic (exact) mass is 293 g/mol. The molecule has 0 radical (unpaired) electrons. The molecule has 1 amide bonds. The van der Waals surface area contributed by atoms with Crippen molar-refractivity contribution >= 4 is 5.91 Å². The van der Waals surface area contributed by atoms with Crippen molar-refractivity contribution in [2.45, 2.75) is 19.9 Å². The summed E-state index contributed by atoms with van der Waals surface area (Å²) < 4.78 is 10.6. The van der Waals surface area contributed by atoms with Crippen molar-refractivity contribution in [2.75, 3.05) is 39.9 Å². The van der Waals surface area contributed by atoms with Crippen LogP contribution in [0.5, 0.6) is 11.5 Å². The second-order valence-electron chi connectivity index (χ2n) is 5.66. The predicted octanol–water partition coefficient (Wildman–Crippen LogP) is 0.210. The minimum absolute atomic E-state index is 0.0635. The van der Waals surface area contributed by atoms with Crippen LogP contribution in [0, 0.1) is 0 Å². The third-order valence-corrected chi connectivity index (χ3v) is 4.00. The molecule has 1 aromatic carbocycles. The van der Waals surface area contributed by atoms with Crippen molar-refractivity contribution in [3.8, 4) is 11.5 Å². The summed E-state index contributed by atoms with van der Waals surface area (Å²) >= 11 is 0. The van der Waals surface area contributed by atoms with Gasteiger partial charge in [-0.3, -0.25) is 4.79 Å². The van der Waals surface area contributed by atoms with Gasteiger partial charge in [0.05, 0.1) is 39.3 Å². The van der Waals surface area contributed by atoms with Gasteiger partial charge in [-0.2, -0.15) is 0 Å². The number of hydrogen-bond acceptors (Lipinski definition) is 3. The number of amides is 1. The fourth-order valence-electron chi connectivity index (χ4n) is 2.53. The minimum Gasteiger partial charge on any atom is -0.497 e. The topological polar surface area (TPSA) is 43.2 Å². The molecular formula is C16H25N2O3+. The van der Waals surface area contributed by atoms with E-state index in [2.05, 4.69) is 13.8 Å². The first-order chi connectivity index (χ1) is 10.1. The third kappa shape index (κ3) is 4.36. The zero-order valence-corrected chi connectivity index (χ0v) is 13.1. The average molecular weight is 293 g/mol. The molecule has 1 heterocycles. The smallest absolute Gasteiger partial charge is 0.260 e. The lowest BCUT2D eigenvalue weighted by molar-refractivity contribution is -0.925. The maximum Gasteiger partial charge on any atom is 0.260 e. The molecule has 1 saturated heterocycles. The van der Waals surface area contributed by atoms with E-state index in [1.165, 1.54) is 0 Å². The van der Waals surface area contributed by atoms with Gasteiger partial charge in [-0.15, -0.1) is 0 Å². The van der Waals surface area contributed by atoms with Gasteiger partial charge in [-0.25, -0.2) is 0 Å². The first-order valence-corrected chi connectivity index (χ1v) is 7.49. The van der Waals surface area contributed by atoms with Crippen LogP contribution in [0.3, 0.4) is 0 Å². The number of methoxy groups -OCH3 is 1. The molecule has 1 aliphatic heterocycles. The van der Waals surface area contributed by atoms with Gasteiger partial charge in [0.15, 0.2) is 6.61 Å². The second kappa shape index (κ2) is 7.31. The molecule has 0 saturated carbocycles. The molecule has 21 heavy (non-hydrogen) atoms. The molecule has 0 bridgehead atoms. The normalized spacial score (nSPS) is 16.1. The maximum absolute atomic E-state index is 12.1. The number of nitrogens with zero attached hydrogens (tertiary/aromatic N) is 1. The molecule has 1 aromatic rings. The van der Waals surface area contributed by atoms with E-state index in [0.29, 0.717) is 11.8 Å². The number of carbonyl (C=O) groups excluding carboxylic acids is 1. The number of ether oxygens (including phenoxy) is 2. The molecule has 1 N–H and O–H groups in total. The van der Waals surface area contributed by atoms with Gasteiger partial charge in [0, 0.05) is 0 Å². The van der Waals surface area contributed by atoms with Crippen LogP contribution in [0.25, 0.3) is 0 Å². The second-order valence-corrected chi connectivity index (χ2v) is 5.66. The minimum atomic E-state index is 0.0635. The number of benzene rings is 1. The lowest BCUT2D eigenvalue weighted by Gasteiger charge is -2.34. The highest BCUT2D eigenvalue weighted by molar-refractivity contribution is 5.77. The molecule has 0 atom stereocenters. The maximum atomic E-state index is 12.1. The fourth-order valence-corrected chi connectivity index (χ4v) is 2.53. The zero-order valence-electron chi connectivity index (χ0n) is 13.1. The van der Waals surface area contributed by atoms with Crippen molar-refractivity contribution in [3.05, 3.63) is 24.3 Å². The van der Waals surface area contributed by atoms with Gasteiger partial charge in [-0.1, -0.05) is 0 Å². The quantitative estimate of drug-likeness (QED) is 0.844. The Labute approximate surface area is 126 Å². The molecule has 5 nitrogen and oxygen atoms in total. The van der Waals surface area contributed by atoms with E-state index in [0.717, 1.165) is 31.9 Å². The molecule has 5 heteroatoms. The van der Waals surface area contributed by atoms with Gasteiger partial charge < -0.3 is 19.3 Å². The lowest BCUT2D eigenvalue weighted by Crippen LogP contribution is -3.17. The van der Waals surface area contributed by atoms with E-state index in [4.69, 9.17) is 9.47 Å². The van der Waals surface area contributed by atoms with Gasteiger partial charge in [-0.05, 0) is 38.1 Å². The summed E-state index contributed by atoms with van der Waals surface area (Å²) in [4.78, 5) is 15.6. The Bertz CT molecular complexity index is 451. The van der Waals surface area contributed by atoms with Crippen LogP contribution < -0.4 is 14.4 Å². The fraction of sp³-hybridized carbons (Fsp3) is 0.562. The number of quaternary nitrogens is 1. The van der Waals surface area contributed by atoms with Crippen LogP contribution in [0.15, 0.2) is 24.3 Å². The van der Waals surface area contributed by atoms with Crippen molar-refractivity contribution in [2.24, 2.45) is 0 Å². The summed E-state index contributed by atoms with van der Waals surface area (Å²) in [7, 11) is 1.62. The Morgan fingerprint density at radius 3 is 2.29 bits per heavy atom. The molecule has 0 unspecified atom stereocenters. The average Bonchev–Trinajstić information content (AvgIpc) is 2.53. The standard InChI is InChI=1S/C16H24N2O3/c1-13(2)17-8-10-18(11-9-17)16(19)12-21-15-6-4-14(20-3)5-7-15/h4-7,13H,8-12H2,1-3H3/p+1. The van der Waals surface area contributed by atoms with Gasteiger partial charge >= 0.3 is 0 Å². The first kappa shape index (κ1) is 15.6. The highest BCUT2D eigenvalue weighted by atomic mass is 16.5. The molecule has 1 aliphatic rings. The summed E-state index contributed by atoms with van der Waals surface area (Å²) in [5.41, 5.74) is 0. The Kier molecular flexibility index (Phi) is 5.44. The molecule has 0 spiro atoms. The van der Waals surface area contributed by atoms with Crippen LogP contribution in [0.4, 0.5) is 0 Å². The van der Waals surface area contributed by atoms with E-state index >= 15 is 0 Å². The Morgan fingerprint density at radius 1 is 1.19 bits per heavy atom. The van der Waals surface area contributed by atoms with Crippen molar-refractivity contribution in [1.29, 1.82) is 0 Å². The van der Waals surface area contributed by atoms with Gasteiger partial charge in [0.25, 0.3) is 5.91 Å². The molecule has 0 aromatic heterocycles. The number of hydrogen-bond donors (Lipinski definition) is 1. The predicted molar refractivity (Wildman–Crippen MR) is 80.9 cm³/mol. The highest BCUT2D eigenvalue weighted by Gasteiger charge is 2.25. The van der Waals surface area contributed by atoms with Crippen molar-refractivity contribution < 1.29 is 19.2 Å². The van der Waals surface area contributed by atoms with E-state index < -0.39 is 0 Å². The third-order valence-electron chi connectivity index (χ3n) is 4.00. The van der Waals surface area contributed by atoms with Crippen LogP contribution in [0.1, 0.15) is 13.8 Å². The lowest BCUT2D eigenvalue weighted by atomic mass is 10.2. The van der Waals surface area contributed by atoms with E-state index in [1.54, 1.807) is 12.0 Å². The Balaban J connectivity index is 1.77. The number of piperazine rings is 1. The zero-order chi connectivity index (χ0) is 15.2. The molecule has 116 valence electrons. The van der Waals surface area contributed by atoms with E-state index in [1.807, 2.05) is 29.2 Å². The summed E-state index contributed by atoms with van der Waals surface area (Å²) in [5.74, 6) is 1.53. The summed E-state index contributed by atoms with van der Waals surface area (Å²) in [5, 5.41) is 0. The van der Waals surface area contributed by atoms with Crippen LogP contribution in [0.2, 0.25) is 0 Å². The molecule has 1 fully saturated rings. The Hall–Kier alpha value is -1.75. The van der Waals surface area contributed by atoms with Crippen LogP contribution >= 0.6 is 0 Å². The van der Waals surface area contributed by atoms with Crippen LogP contribution in [-0.4, -0.2) is 56.7 Å².